The van der Waals surface area contributed by atoms with Crippen molar-refractivity contribution in [1.82, 2.24) is 10.6 Å². The molecule has 9 heteroatoms. The van der Waals surface area contributed by atoms with Crippen LogP contribution in [0.3, 0.4) is 0 Å². The van der Waals surface area contributed by atoms with Crippen LogP contribution in [0.15, 0.2) is 0 Å². The Bertz CT molecular complexity index is 224. The highest BCUT2D eigenvalue weighted by Gasteiger charge is 2.28. The minimum atomic E-state index is -4.53. The van der Waals surface area contributed by atoms with E-state index in [1.807, 2.05) is 0 Å². The van der Waals surface area contributed by atoms with Gasteiger partial charge in [-0.25, -0.2) is 0 Å². The molecule has 0 unspecified atom stereocenters. The molecule has 0 saturated heterocycles. The Morgan fingerprint density at radius 1 is 1.00 bits per heavy atom. The Morgan fingerprint density at radius 3 is 2.00 bits per heavy atom. The maximum Gasteiger partial charge on any atom is 0.405 e. The zero-order valence-electron chi connectivity index (χ0n) is 8.00. The van der Waals surface area contributed by atoms with E-state index in [4.69, 9.17) is 0 Å². The highest BCUT2D eigenvalue weighted by molar-refractivity contribution is 5.77. The Morgan fingerprint density at radius 2 is 1.56 bits per heavy atom. The second kappa shape index (κ2) is 5.92. The van der Waals surface area contributed by atoms with Crippen molar-refractivity contribution in [1.29, 1.82) is 0 Å². The van der Waals surface area contributed by atoms with E-state index in [-0.39, 0.29) is 0 Å². The lowest BCUT2D eigenvalue weighted by atomic mass is 10.4. The molecule has 0 aliphatic carbocycles. The number of hydrogen-bond acceptors (Lipinski definition) is 2. The number of carbonyl (C=O) groups excluding carboxylic acids is 1. The highest BCUT2D eigenvalue weighted by atomic mass is 19.4. The fourth-order valence-corrected chi connectivity index (χ4v) is 0.693. The van der Waals surface area contributed by atoms with Gasteiger partial charge < -0.3 is 10.6 Å². The van der Waals surface area contributed by atoms with Crippen LogP contribution in [0.1, 0.15) is 6.42 Å². The molecule has 0 aliphatic heterocycles. The van der Waals surface area contributed by atoms with Crippen molar-refractivity contribution in [3.8, 4) is 0 Å². The van der Waals surface area contributed by atoms with E-state index in [0.717, 1.165) is 0 Å². The SMILES string of the molecule is O=C(CNCCC(F)(F)F)NCC(F)(F)F. The first-order valence-corrected chi connectivity index (χ1v) is 4.21. The van der Waals surface area contributed by atoms with Gasteiger partial charge in [0, 0.05) is 6.54 Å². The molecule has 16 heavy (non-hydrogen) atoms. The zero-order valence-corrected chi connectivity index (χ0v) is 8.00. The molecule has 3 nitrogen and oxygen atoms in total. The van der Waals surface area contributed by atoms with E-state index in [2.05, 4.69) is 5.32 Å². The maximum atomic E-state index is 11.6. The summed E-state index contributed by atoms with van der Waals surface area (Å²) in [6, 6.07) is 0. The molecule has 0 bridgehead atoms. The number of hydrogen-bond donors (Lipinski definition) is 2. The molecule has 0 aromatic heterocycles. The van der Waals surface area contributed by atoms with E-state index in [0.29, 0.717) is 0 Å². The number of alkyl halides is 6. The lowest BCUT2D eigenvalue weighted by Crippen LogP contribution is -2.39. The Hall–Kier alpha value is -0.990. The number of halogens is 6. The summed E-state index contributed by atoms with van der Waals surface area (Å²) in [5.74, 6) is -1.00. The van der Waals surface area contributed by atoms with E-state index in [9.17, 15) is 31.1 Å². The molecule has 0 aromatic carbocycles. The summed E-state index contributed by atoms with van der Waals surface area (Å²) in [6.07, 6.45) is -10.0. The van der Waals surface area contributed by atoms with Gasteiger partial charge in [0.25, 0.3) is 0 Å². The van der Waals surface area contributed by atoms with E-state index < -0.39 is 44.3 Å². The quantitative estimate of drug-likeness (QED) is 0.570. The molecular weight excluding hydrogens is 242 g/mol. The summed E-state index contributed by atoms with van der Waals surface area (Å²) in [5, 5.41) is 3.59. The monoisotopic (exact) mass is 252 g/mol. The Balaban J connectivity index is 3.52. The van der Waals surface area contributed by atoms with Crippen molar-refractivity contribution in [3.63, 3.8) is 0 Å². The predicted octanol–water partition coefficient (Wildman–Crippen LogP) is 1.21. The van der Waals surface area contributed by atoms with Crippen molar-refractivity contribution in [3.05, 3.63) is 0 Å². The number of amides is 1. The number of nitrogens with one attached hydrogen (secondary N) is 2. The number of carbonyl (C=O) groups is 1. The van der Waals surface area contributed by atoms with Gasteiger partial charge in [-0.3, -0.25) is 4.79 Å². The molecule has 0 saturated carbocycles. The van der Waals surface area contributed by atoms with Crippen molar-refractivity contribution in [2.75, 3.05) is 19.6 Å². The Kier molecular flexibility index (Phi) is 5.56. The molecule has 0 fully saturated rings. The first-order valence-electron chi connectivity index (χ1n) is 4.21. The summed E-state index contributed by atoms with van der Waals surface area (Å²) >= 11 is 0. The van der Waals surface area contributed by atoms with Gasteiger partial charge in [0.05, 0.1) is 13.0 Å². The third-order valence-corrected chi connectivity index (χ3v) is 1.36. The molecule has 0 aliphatic rings. The Labute approximate surface area is 87.2 Å². The van der Waals surface area contributed by atoms with Gasteiger partial charge >= 0.3 is 12.4 Å². The molecule has 0 atom stereocenters. The summed E-state index contributed by atoms with van der Waals surface area (Å²) in [4.78, 5) is 10.7. The van der Waals surface area contributed by atoms with Crippen molar-refractivity contribution < 1.29 is 31.1 Å². The largest absolute Gasteiger partial charge is 0.405 e. The molecule has 2 N–H and O–H groups in total. The van der Waals surface area contributed by atoms with Crippen LogP contribution in [0.2, 0.25) is 0 Å². The molecule has 96 valence electrons. The molecule has 0 aromatic rings. The van der Waals surface area contributed by atoms with Crippen LogP contribution in [0.25, 0.3) is 0 Å². The fraction of sp³-hybridized carbons (Fsp3) is 0.857. The third-order valence-electron chi connectivity index (χ3n) is 1.36. The van der Waals surface area contributed by atoms with Crippen LogP contribution >= 0.6 is 0 Å². The average molecular weight is 252 g/mol. The van der Waals surface area contributed by atoms with Crippen LogP contribution in [0.4, 0.5) is 26.3 Å². The highest BCUT2D eigenvalue weighted by Crippen LogP contribution is 2.17. The first kappa shape index (κ1) is 15.0. The van der Waals surface area contributed by atoms with Crippen LogP contribution in [0, 0.1) is 0 Å². The normalized spacial score (nSPS) is 12.6. The summed E-state index contributed by atoms with van der Waals surface area (Å²) in [7, 11) is 0. The van der Waals surface area contributed by atoms with Gasteiger partial charge in [0.1, 0.15) is 6.54 Å². The molecule has 0 radical (unpaired) electrons. The van der Waals surface area contributed by atoms with Gasteiger partial charge in [-0.2, -0.15) is 26.3 Å². The van der Waals surface area contributed by atoms with Gasteiger partial charge in [-0.05, 0) is 0 Å². The lowest BCUT2D eigenvalue weighted by molar-refractivity contribution is -0.138. The van der Waals surface area contributed by atoms with Crippen LogP contribution in [-0.4, -0.2) is 37.9 Å². The predicted molar refractivity (Wildman–Crippen MR) is 42.6 cm³/mol. The van der Waals surface area contributed by atoms with Crippen molar-refractivity contribution in [2.45, 2.75) is 18.8 Å². The second-order valence-corrected chi connectivity index (χ2v) is 2.93. The summed E-state index contributed by atoms with van der Waals surface area (Å²) in [6.45, 7) is -2.58. The van der Waals surface area contributed by atoms with Crippen molar-refractivity contribution >= 4 is 5.91 Å². The fourth-order valence-electron chi connectivity index (χ4n) is 0.693. The summed E-state index contributed by atoms with van der Waals surface area (Å²) in [5.41, 5.74) is 0. The van der Waals surface area contributed by atoms with Gasteiger partial charge in [0.2, 0.25) is 5.91 Å². The zero-order chi connectivity index (χ0) is 12.8. The van der Waals surface area contributed by atoms with Gasteiger partial charge in [0.15, 0.2) is 0 Å². The maximum absolute atomic E-state index is 11.6. The molecular formula is C7H10F6N2O. The molecule has 0 rings (SSSR count). The standard InChI is InChI=1S/C7H10F6N2O/c8-6(9,10)1-2-14-3-5(16)15-4-7(11,12)13/h14H,1-4H2,(H,15,16). The topological polar surface area (TPSA) is 41.1 Å². The van der Waals surface area contributed by atoms with Crippen LogP contribution < -0.4 is 10.6 Å². The molecule has 0 spiro atoms. The number of rotatable bonds is 5. The van der Waals surface area contributed by atoms with Crippen molar-refractivity contribution in [2.24, 2.45) is 0 Å². The van der Waals surface area contributed by atoms with E-state index in [1.54, 1.807) is 0 Å². The third kappa shape index (κ3) is 11.1. The van der Waals surface area contributed by atoms with Crippen LogP contribution in [-0.2, 0) is 4.79 Å². The van der Waals surface area contributed by atoms with Crippen LogP contribution in [0.5, 0.6) is 0 Å². The average Bonchev–Trinajstić information content (AvgIpc) is 2.06. The minimum absolute atomic E-state index is 0.511. The van der Waals surface area contributed by atoms with Gasteiger partial charge in [-0.1, -0.05) is 0 Å². The molecule has 0 heterocycles. The second-order valence-electron chi connectivity index (χ2n) is 2.93. The molecule has 1 amide bonds. The van der Waals surface area contributed by atoms with Gasteiger partial charge in [-0.15, -0.1) is 0 Å². The van der Waals surface area contributed by atoms with E-state index >= 15 is 0 Å². The first-order chi connectivity index (χ1) is 7.10. The minimum Gasteiger partial charge on any atom is -0.346 e. The smallest absolute Gasteiger partial charge is 0.346 e. The van der Waals surface area contributed by atoms with E-state index in [1.165, 1.54) is 5.32 Å². The lowest BCUT2D eigenvalue weighted by Gasteiger charge is -2.09. The summed E-state index contributed by atoms with van der Waals surface area (Å²) < 4.78 is 69.5.